The van der Waals surface area contributed by atoms with E-state index in [1.807, 2.05) is 36.4 Å². The van der Waals surface area contributed by atoms with E-state index in [1.54, 1.807) is 23.0 Å². The lowest BCUT2D eigenvalue weighted by atomic mass is 9.96. The van der Waals surface area contributed by atoms with Crippen LogP contribution in [0.15, 0.2) is 36.5 Å². The number of benzene rings is 2. The van der Waals surface area contributed by atoms with E-state index in [9.17, 15) is 18.4 Å². The van der Waals surface area contributed by atoms with Crippen LogP contribution in [0.3, 0.4) is 0 Å². The summed E-state index contributed by atoms with van der Waals surface area (Å²) in [7, 11) is 2.56. The van der Waals surface area contributed by atoms with Crippen LogP contribution in [-0.2, 0) is 9.47 Å². The highest BCUT2D eigenvalue weighted by atomic mass is 127. The first-order valence-corrected chi connectivity index (χ1v) is 12.4. The Bertz CT molecular complexity index is 1280. The fourth-order valence-corrected chi connectivity index (χ4v) is 4.51. The number of hydrogen-bond donors (Lipinski definition) is 2. The Hall–Kier alpha value is -3.22. The van der Waals surface area contributed by atoms with E-state index in [0.717, 1.165) is 5.69 Å². The van der Waals surface area contributed by atoms with Crippen molar-refractivity contribution < 1.29 is 27.8 Å². The molecule has 2 unspecified atom stereocenters. The molecule has 0 fully saturated rings. The number of carbonyl (C=O) groups excluding carboxylic acids is 2. The summed E-state index contributed by atoms with van der Waals surface area (Å²) in [6.07, 6.45) is -0.679. The predicted octanol–water partition coefficient (Wildman–Crippen LogP) is 6.22. The first-order chi connectivity index (χ1) is 17.3. The zero-order valence-electron chi connectivity index (χ0n) is 21.5. The van der Waals surface area contributed by atoms with Crippen molar-refractivity contribution in [3.05, 3.63) is 62.4 Å². The molecule has 0 saturated carbocycles. The maximum atomic E-state index is 14.0. The zero-order valence-corrected chi connectivity index (χ0v) is 23.7. The fraction of sp³-hybridized carbons (Fsp3) is 0.346. The Morgan fingerprint density at radius 1 is 0.892 bits per heavy atom. The maximum absolute atomic E-state index is 14.0. The summed E-state index contributed by atoms with van der Waals surface area (Å²) in [5.41, 5.74) is 14.7. The second-order valence-corrected chi connectivity index (χ2v) is 9.62. The summed E-state index contributed by atoms with van der Waals surface area (Å²) < 4.78 is 38.9. The normalized spacial score (nSPS) is 12.4. The van der Waals surface area contributed by atoms with E-state index >= 15 is 0 Å². The number of rotatable bonds is 6. The minimum absolute atomic E-state index is 0.104. The summed E-state index contributed by atoms with van der Waals surface area (Å²) in [4.78, 5) is 23.1. The van der Waals surface area contributed by atoms with Crippen molar-refractivity contribution in [1.29, 1.82) is 0 Å². The number of nitrogens with two attached hydrogens (primary N) is 2. The summed E-state index contributed by atoms with van der Waals surface area (Å²) in [6.45, 7) is 6.82. The molecule has 1 aromatic heterocycles. The quantitative estimate of drug-likeness (QED) is 0.189. The maximum Gasteiger partial charge on any atom is 0.339 e. The molecule has 0 aliphatic heterocycles. The number of halogens is 3. The van der Waals surface area contributed by atoms with E-state index in [0.29, 0.717) is 20.3 Å². The predicted molar refractivity (Wildman–Crippen MR) is 148 cm³/mol. The van der Waals surface area contributed by atoms with Crippen LogP contribution in [0.2, 0.25) is 0 Å². The molecule has 37 heavy (non-hydrogen) atoms. The van der Waals surface area contributed by atoms with E-state index in [-0.39, 0.29) is 28.5 Å². The lowest BCUT2D eigenvalue weighted by molar-refractivity contribution is 0.0593. The smallest absolute Gasteiger partial charge is 0.339 e. The third kappa shape index (κ3) is 6.96. The second-order valence-electron chi connectivity index (χ2n) is 8.46. The van der Waals surface area contributed by atoms with Gasteiger partial charge in [-0.15, -0.1) is 0 Å². The molecule has 2 atom stereocenters. The molecular formula is C26H31F2IN4O4. The van der Waals surface area contributed by atoms with Crippen molar-refractivity contribution in [2.24, 2.45) is 0 Å². The van der Waals surface area contributed by atoms with E-state index in [1.165, 1.54) is 46.3 Å². The van der Waals surface area contributed by atoms with Gasteiger partial charge in [0, 0.05) is 38.3 Å². The molecule has 0 aliphatic carbocycles. The Labute approximate surface area is 228 Å². The van der Waals surface area contributed by atoms with Crippen LogP contribution in [0.5, 0.6) is 0 Å². The first kappa shape index (κ1) is 30.0. The highest BCUT2D eigenvalue weighted by Gasteiger charge is 2.21. The lowest BCUT2D eigenvalue weighted by Crippen LogP contribution is -2.10. The molecule has 0 aliphatic rings. The van der Waals surface area contributed by atoms with Gasteiger partial charge in [0.1, 0.15) is 12.3 Å². The van der Waals surface area contributed by atoms with Gasteiger partial charge in [0.05, 0.1) is 31.0 Å². The molecule has 11 heteroatoms. The molecule has 0 amide bonds. The van der Waals surface area contributed by atoms with Gasteiger partial charge in [-0.25, -0.2) is 18.4 Å². The van der Waals surface area contributed by atoms with Crippen LogP contribution in [0.4, 0.5) is 20.2 Å². The third-order valence-electron chi connectivity index (χ3n) is 5.49. The van der Waals surface area contributed by atoms with E-state index < -0.39 is 24.3 Å². The zero-order chi connectivity index (χ0) is 28.0. The summed E-state index contributed by atoms with van der Waals surface area (Å²) in [5.74, 6) is -1.06. The molecule has 0 saturated heterocycles. The highest BCUT2D eigenvalue weighted by molar-refractivity contribution is 14.1. The molecule has 0 spiro atoms. The number of anilines is 2. The van der Waals surface area contributed by atoms with Crippen molar-refractivity contribution in [2.75, 3.05) is 25.7 Å². The Morgan fingerprint density at radius 3 is 1.84 bits per heavy atom. The largest absolute Gasteiger partial charge is 0.465 e. The van der Waals surface area contributed by atoms with Gasteiger partial charge in [-0.05, 0) is 86.2 Å². The van der Waals surface area contributed by atoms with Gasteiger partial charge in [0.25, 0.3) is 0 Å². The Kier molecular flexibility index (Phi) is 10.4. The standard InChI is InChI=1S/C16H20FN3O2.C10H11FINO2/c1-9(2)20-15(5-6-19-20)12-7-13(16(21)22-4)14(18)8-11(12)10(3)17;1-5(11)6-4-9(13)7(3-8(6)12)10(14)15-2/h5-10H,18H2,1-4H3;3-5H,13H2,1-2H3. The minimum atomic E-state index is -1.22. The van der Waals surface area contributed by atoms with Crippen LogP contribution in [-0.4, -0.2) is 35.9 Å². The fourth-order valence-electron chi connectivity index (χ4n) is 3.61. The average Bonchev–Trinajstić information content (AvgIpc) is 3.34. The van der Waals surface area contributed by atoms with Crippen molar-refractivity contribution in [3.63, 3.8) is 0 Å². The van der Waals surface area contributed by atoms with Crippen LogP contribution in [0.25, 0.3) is 11.3 Å². The summed E-state index contributed by atoms with van der Waals surface area (Å²) >= 11 is 1.96. The number of esters is 2. The third-order valence-corrected chi connectivity index (χ3v) is 6.43. The minimum Gasteiger partial charge on any atom is -0.465 e. The van der Waals surface area contributed by atoms with Crippen LogP contribution >= 0.6 is 22.6 Å². The Balaban J connectivity index is 0.000000281. The Morgan fingerprint density at radius 2 is 1.38 bits per heavy atom. The monoisotopic (exact) mass is 628 g/mol. The van der Waals surface area contributed by atoms with Crippen LogP contribution in [0.1, 0.15) is 77.9 Å². The second kappa shape index (κ2) is 12.8. The lowest BCUT2D eigenvalue weighted by Gasteiger charge is -2.17. The van der Waals surface area contributed by atoms with E-state index in [2.05, 4.69) is 9.84 Å². The topological polar surface area (TPSA) is 122 Å². The SMILES string of the molecule is COC(=O)c1cc(-c2ccnn2C(C)C)c(C(C)F)cc1N.COC(=O)c1cc(I)c(C(C)F)cc1N. The van der Waals surface area contributed by atoms with Gasteiger partial charge in [-0.2, -0.15) is 5.10 Å². The van der Waals surface area contributed by atoms with Crippen molar-refractivity contribution in [1.82, 2.24) is 9.78 Å². The molecule has 0 radical (unpaired) electrons. The summed E-state index contributed by atoms with van der Waals surface area (Å²) in [6, 6.07) is 7.96. The van der Waals surface area contributed by atoms with Gasteiger partial charge < -0.3 is 20.9 Å². The first-order valence-electron chi connectivity index (χ1n) is 11.3. The number of hydrogen-bond acceptors (Lipinski definition) is 7. The number of methoxy groups -OCH3 is 2. The van der Waals surface area contributed by atoms with Crippen LogP contribution in [0, 0.1) is 3.57 Å². The summed E-state index contributed by atoms with van der Waals surface area (Å²) in [5, 5.41) is 4.26. The molecule has 200 valence electrons. The van der Waals surface area contributed by atoms with Crippen molar-refractivity contribution >= 4 is 45.9 Å². The molecule has 3 rings (SSSR count). The van der Waals surface area contributed by atoms with Gasteiger partial charge in [0.2, 0.25) is 0 Å². The number of nitrogen functional groups attached to an aromatic ring is 2. The molecule has 3 aromatic rings. The molecule has 2 aromatic carbocycles. The number of carbonyl (C=O) groups is 2. The molecule has 0 bridgehead atoms. The van der Waals surface area contributed by atoms with Gasteiger partial charge >= 0.3 is 11.9 Å². The number of nitrogens with zero attached hydrogens (tertiary/aromatic N) is 2. The molecule has 1 heterocycles. The number of ether oxygens (including phenoxy) is 2. The van der Waals surface area contributed by atoms with Crippen molar-refractivity contribution in [3.8, 4) is 11.3 Å². The van der Waals surface area contributed by atoms with Gasteiger partial charge in [0.15, 0.2) is 0 Å². The van der Waals surface area contributed by atoms with Crippen LogP contribution < -0.4 is 11.5 Å². The highest BCUT2D eigenvalue weighted by Crippen LogP contribution is 2.35. The van der Waals surface area contributed by atoms with Crippen molar-refractivity contribution in [2.45, 2.75) is 46.1 Å². The average molecular weight is 628 g/mol. The molecule has 8 nitrogen and oxygen atoms in total. The number of aromatic nitrogens is 2. The van der Waals surface area contributed by atoms with Gasteiger partial charge in [-0.3, -0.25) is 4.68 Å². The molecular weight excluding hydrogens is 597 g/mol. The van der Waals surface area contributed by atoms with Gasteiger partial charge in [-0.1, -0.05) is 0 Å². The number of alkyl halides is 2. The van der Waals surface area contributed by atoms with E-state index in [4.69, 9.17) is 16.2 Å². The molecule has 4 N–H and O–H groups in total.